The van der Waals surface area contributed by atoms with Crippen LogP contribution in [0, 0.1) is 12.7 Å². The van der Waals surface area contributed by atoms with Crippen LogP contribution in [0.25, 0.3) is 0 Å². The fourth-order valence-electron chi connectivity index (χ4n) is 2.63. The number of rotatable bonds is 4. The lowest BCUT2D eigenvalue weighted by molar-refractivity contribution is 0.0984. The van der Waals surface area contributed by atoms with E-state index < -0.39 is 0 Å². The maximum Gasteiger partial charge on any atom is 0.258 e. The summed E-state index contributed by atoms with van der Waals surface area (Å²) < 4.78 is 14.3. The zero-order chi connectivity index (χ0) is 17.8. The Kier molecular flexibility index (Phi) is 5.29. The molecule has 1 amide bonds. The average molecular weight is 398 g/mol. The third-order valence-electron chi connectivity index (χ3n) is 4.01. The minimum atomic E-state index is -0.323. The van der Waals surface area contributed by atoms with Crippen LogP contribution in [0.1, 0.15) is 21.5 Å². The van der Waals surface area contributed by atoms with Crippen molar-refractivity contribution in [3.8, 4) is 0 Å². The van der Waals surface area contributed by atoms with Gasteiger partial charge in [0, 0.05) is 15.7 Å². The van der Waals surface area contributed by atoms with E-state index >= 15 is 0 Å². The predicted molar refractivity (Wildman–Crippen MR) is 102 cm³/mol. The van der Waals surface area contributed by atoms with Gasteiger partial charge in [-0.2, -0.15) is 0 Å². The van der Waals surface area contributed by atoms with E-state index in [9.17, 15) is 9.18 Å². The van der Waals surface area contributed by atoms with Gasteiger partial charge in [-0.3, -0.25) is 4.79 Å². The maximum absolute atomic E-state index is 13.3. The Morgan fingerprint density at radius 3 is 2.24 bits per heavy atom. The molecule has 3 aromatic carbocycles. The number of amides is 1. The second kappa shape index (κ2) is 7.62. The fraction of sp³-hybridized carbons (Fsp3) is 0.0952. The van der Waals surface area contributed by atoms with Crippen molar-refractivity contribution >= 4 is 27.5 Å². The van der Waals surface area contributed by atoms with Crippen LogP contribution in [0.15, 0.2) is 77.3 Å². The highest BCUT2D eigenvalue weighted by atomic mass is 79.9. The van der Waals surface area contributed by atoms with E-state index in [2.05, 4.69) is 15.9 Å². The van der Waals surface area contributed by atoms with Gasteiger partial charge in [-0.25, -0.2) is 4.39 Å². The van der Waals surface area contributed by atoms with Crippen molar-refractivity contribution < 1.29 is 9.18 Å². The predicted octanol–water partition coefficient (Wildman–Crippen LogP) is 5.74. The first-order chi connectivity index (χ1) is 12.0. The Morgan fingerprint density at radius 2 is 1.60 bits per heavy atom. The van der Waals surface area contributed by atoms with Gasteiger partial charge in [0.25, 0.3) is 5.91 Å². The summed E-state index contributed by atoms with van der Waals surface area (Å²) in [6.45, 7) is 2.32. The van der Waals surface area contributed by atoms with Crippen LogP contribution in [-0.4, -0.2) is 5.91 Å². The highest BCUT2D eigenvalue weighted by Crippen LogP contribution is 2.23. The molecule has 0 saturated carbocycles. The lowest BCUT2D eigenvalue weighted by Gasteiger charge is -2.24. The van der Waals surface area contributed by atoms with Crippen LogP contribution in [0.5, 0.6) is 0 Å². The van der Waals surface area contributed by atoms with Crippen molar-refractivity contribution in [3.63, 3.8) is 0 Å². The molecule has 0 heterocycles. The van der Waals surface area contributed by atoms with Crippen LogP contribution in [-0.2, 0) is 6.54 Å². The Labute approximate surface area is 155 Å². The van der Waals surface area contributed by atoms with Gasteiger partial charge in [-0.1, -0.05) is 46.3 Å². The van der Waals surface area contributed by atoms with Gasteiger partial charge < -0.3 is 4.90 Å². The molecule has 0 aliphatic rings. The van der Waals surface area contributed by atoms with Crippen molar-refractivity contribution in [3.05, 3.63) is 99.8 Å². The third kappa shape index (κ3) is 4.15. The second-order valence-electron chi connectivity index (χ2n) is 5.81. The zero-order valence-corrected chi connectivity index (χ0v) is 15.3. The molecule has 0 aliphatic carbocycles. The van der Waals surface area contributed by atoms with E-state index in [-0.39, 0.29) is 11.7 Å². The molecule has 0 aromatic heterocycles. The summed E-state index contributed by atoms with van der Waals surface area (Å²) in [4.78, 5) is 14.8. The molecule has 0 N–H and O–H groups in total. The number of hydrogen-bond donors (Lipinski definition) is 0. The molecule has 0 radical (unpaired) electrons. The maximum atomic E-state index is 13.3. The molecule has 0 unspecified atom stereocenters. The Bertz CT molecular complexity index is 875. The molecule has 0 spiro atoms. The third-order valence-corrected chi connectivity index (χ3v) is 4.54. The highest BCUT2D eigenvalue weighted by molar-refractivity contribution is 9.10. The summed E-state index contributed by atoms with van der Waals surface area (Å²) in [5.74, 6) is -0.427. The number of carbonyl (C=O) groups excluding carboxylic acids is 1. The van der Waals surface area contributed by atoms with Crippen LogP contribution >= 0.6 is 15.9 Å². The molecule has 3 rings (SSSR count). The van der Waals surface area contributed by atoms with Gasteiger partial charge in [0.05, 0.1) is 6.54 Å². The SMILES string of the molecule is Cc1ccccc1C(=O)N(Cc1ccc(Br)cc1)c1ccc(F)cc1. The van der Waals surface area contributed by atoms with Crippen LogP contribution in [0.2, 0.25) is 0 Å². The zero-order valence-electron chi connectivity index (χ0n) is 13.7. The monoisotopic (exact) mass is 397 g/mol. The lowest BCUT2D eigenvalue weighted by atomic mass is 10.1. The molecule has 25 heavy (non-hydrogen) atoms. The van der Waals surface area contributed by atoms with Gasteiger partial charge in [-0.15, -0.1) is 0 Å². The van der Waals surface area contributed by atoms with E-state index in [0.29, 0.717) is 17.8 Å². The summed E-state index contributed by atoms with van der Waals surface area (Å²) in [5, 5.41) is 0. The number of hydrogen-bond acceptors (Lipinski definition) is 1. The molecule has 2 nitrogen and oxygen atoms in total. The summed E-state index contributed by atoms with van der Waals surface area (Å²) in [7, 11) is 0. The van der Waals surface area contributed by atoms with Crippen LogP contribution in [0.3, 0.4) is 0 Å². The largest absolute Gasteiger partial charge is 0.304 e. The molecule has 0 saturated heterocycles. The standard InChI is InChI=1S/C21H17BrFNO/c1-15-4-2-3-5-20(15)21(25)24(19-12-10-18(23)11-13-19)14-16-6-8-17(22)9-7-16/h2-13H,14H2,1H3. The van der Waals surface area contributed by atoms with Crippen LogP contribution in [0.4, 0.5) is 10.1 Å². The van der Waals surface area contributed by atoms with Crippen molar-refractivity contribution in [2.75, 3.05) is 4.90 Å². The topological polar surface area (TPSA) is 20.3 Å². The van der Waals surface area contributed by atoms with E-state index in [0.717, 1.165) is 15.6 Å². The van der Waals surface area contributed by atoms with Gasteiger partial charge >= 0.3 is 0 Å². The number of anilines is 1. The first-order valence-electron chi connectivity index (χ1n) is 7.92. The molecule has 0 fully saturated rings. The Morgan fingerprint density at radius 1 is 0.960 bits per heavy atom. The van der Waals surface area contributed by atoms with Gasteiger partial charge in [0.15, 0.2) is 0 Å². The molecule has 0 aliphatic heterocycles. The summed E-state index contributed by atoms with van der Waals surface area (Å²) in [6, 6.07) is 21.3. The quantitative estimate of drug-likeness (QED) is 0.549. The normalized spacial score (nSPS) is 10.5. The first kappa shape index (κ1) is 17.4. The van der Waals surface area contributed by atoms with Gasteiger partial charge in [-0.05, 0) is 60.5 Å². The van der Waals surface area contributed by atoms with Crippen molar-refractivity contribution in [1.29, 1.82) is 0 Å². The molecule has 0 bridgehead atoms. The molecular formula is C21H17BrFNO. The summed E-state index contributed by atoms with van der Waals surface area (Å²) >= 11 is 3.42. The first-order valence-corrected chi connectivity index (χ1v) is 8.71. The molecule has 0 atom stereocenters. The molecule has 126 valence electrons. The minimum absolute atomic E-state index is 0.104. The minimum Gasteiger partial charge on any atom is -0.304 e. The van der Waals surface area contributed by atoms with E-state index in [4.69, 9.17) is 0 Å². The molecular weight excluding hydrogens is 381 g/mol. The van der Waals surface area contributed by atoms with Gasteiger partial charge in [0.1, 0.15) is 5.82 Å². The number of carbonyl (C=O) groups is 1. The lowest BCUT2D eigenvalue weighted by Crippen LogP contribution is -2.31. The Balaban J connectivity index is 1.99. The Hall–Kier alpha value is -2.46. The van der Waals surface area contributed by atoms with E-state index in [1.165, 1.54) is 12.1 Å². The molecule has 4 heteroatoms. The fourth-order valence-corrected chi connectivity index (χ4v) is 2.90. The van der Waals surface area contributed by atoms with Crippen molar-refractivity contribution in [2.24, 2.45) is 0 Å². The number of aryl methyl sites for hydroxylation is 1. The molecule has 3 aromatic rings. The number of nitrogens with zero attached hydrogens (tertiary/aromatic N) is 1. The number of halogens is 2. The summed E-state index contributed by atoms with van der Waals surface area (Å²) in [6.07, 6.45) is 0. The van der Waals surface area contributed by atoms with E-state index in [1.54, 1.807) is 17.0 Å². The van der Waals surface area contributed by atoms with Crippen molar-refractivity contribution in [1.82, 2.24) is 0 Å². The smallest absolute Gasteiger partial charge is 0.258 e. The van der Waals surface area contributed by atoms with Crippen LogP contribution < -0.4 is 4.90 Å². The second-order valence-corrected chi connectivity index (χ2v) is 6.72. The van der Waals surface area contributed by atoms with Gasteiger partial charge in [0.2, 0.25) is 0 Å². The van der Waals surface area contributed by atoms with Crippen molar-refractivity contribution in [2.45, 2.75) is 13.5 Å². The summed E-state index contributed by atoms with van der Waals surface area (Å²) in [5.41, 5.74) is 3.21. The number of benzene rings is 3. The highest BCUT2D eigenvalue weighted by Gasteiger charge is 2.19. The average Bonchev–Trinajstić information content (AvgIpc) is 2.62. The van der Waals surface area contributed by atoms with E-state index in [1.807, 2.05) is 55.5 Å².